The van der Waals surface area contributed by atoms with Gasteiger partial charge in [0.05, 0.1) is 34.5 Å². The van der Waals surface area contributed by atoms with E-state index in [-0.39, 0.29) is 34.3 Å². The molecule has 3 heterocycles. The van der Waals surface area contributed by atoms with Gasteiger partial charge in [0.1, 0.15) is 42.7 Å². The van der Waals surface area contributed by atoms with E-state index in [1.54, 1.807) is 0 Å². The number of rotatable bonds is 12. The second kappa shape index (κ2) is 15.0. The first-order valence-electron chi connectivity index (χ1n) is 14.8. The lowest BCUT2D eigenvalue weighted by Gasteiger charge is -2.40. The number of hydrogen-bond acceptors (Lipinski definition) is 17. The van der Waals surface area contributed by atoms with Gasteiger partial charge in [0.2, 0.25) is 12.0 Å². The van der Waals surface area contributed by atoms with E-state index in [0.29, 0.717) is 10.9 Å². The summed E-state index contributed by atoms with van der Waals surface area (Å²) >= 11 is 0. The minimum absolute atomic E-state index is 0.0109. The molecule has 5 rings (SSSR count). The molecule has 17 nitrogen and oxygen atoms in total. The zero-order valence-corrected chi connectivity index (χ0v) is 26.5. The van der Waals surface area contributed by atoms with Crippen LogP contribution < -0.4 is 24.6 Å². The first kappa shape index (κ1) is 35.8. The van der Waals surface area contributed by atoms with E-state index in [2.05, 4.69) is 0 Å². The van der Waals surface area contributed by atoms with Crippen molar-refractivity contribution in [3.05, 3.63) is 58.5 Å². The number of hydrogen-bond donors (Lipinski definition) is 6. The molecule has 8 atom stereocenters. The third-order valence-electron chi connectivity index (χ3n) is 7.93. The van der Waals surface area contributed by atoms with E-state index in [1.807, 2.05) is 0 Å². The number of methoxy groups -OCH3 is 3. The zero-order chi connectivity index (χ0) is 35.5. The van der Waals surface area contributed by atoms with Crippen molar-refractivity contribution in [2.24, 2.45) is 0 Å². The average Bonchev–Trinajstić information content (AvgIpc) is 3.38. The highest BCUT2D eigenvalue weighted by Gasteiger charge is 2.51. The number of esters is 1. The molecule has 2 saturated heterocycles. The summed E-state index contributed by atoms with van der Waals surface area (Å²) in [5.41, 5.74) is -2.11. The van der Waals surface area contributed by atoms with Crippen LogP contribution in [0.3, 0.4) is 0 Å². The Kier molecular flexibility index (Phi) is 11.0. The molecule has 0 amide bonds. The van der Waals surface area contributed by atoms with Crippen LogP contribution in [0.4, 0.5) is 0 Å². The third kappa shape index (κ3) is 7.74. The van der Waals surface area contributed by atoms with Crippen LogP contribution in [0.25, 0.3) is 17.0 Å². The average molecular weight is 693 g/mol. The number of benzene rings is 2. The van der Waals surface area contributed by atoms with Crippen molar-refractivity contribution >= 4 is 23.0 Å². The summed E-state index contributed by atoms with van der Waals surface area (Å²) in [6.07, 6.45) is -8.88. The van der Waals surface area contributed by atoms with Gasteiger partial charge in [0.25, 0.3) is 0 Å². The fourth-order valence-corrected chi connectivity index (χ4v) is 5.13. The highest BCUT2D eigenvalue weighted by molar-refractivity contribution is 5.87. The van der Waals surface area contributed by atoms with Crippen molar-refractivity contribution in [1.29, 1.82) is 0 Å². The second-order valence-electron chi connectivity index (χ2n) is 11.2. The summed E-state index contributed by atoms with van der Waals surface area (Å²) in [4.78, 5) is 24.1. The number of carbonyl (C=O) groups is 1. The molecule has 0 aliphatic carbocycles. The molecule has 0 saturated carbocycles. The first-order chi connectivity index (χ1) is 23.4. The maximum Gasteiger partial charge on any atom is 0.336 e. The van der Waals surface area contributed by atoms with Crippen LogP contribution in [0.15, 0.2) is 51.7 Å². The monoisotopic (exact) mass is 692 g/mol. The van der Waals surface area contributed by atoms with Gasteiger partial charge >= 0.3 is 11.6 Å². The summed E-state index contributed by atoms with van der Waals surface area (Å²) in [6, 6.07) is 8.51. The lowest BCUT2D eigenvalue weighted by Crippen LogP contribution is -2.60. The van der Waals surface area contributed by atoms with Crippen molar-refractivity contribution in [3.8, 4) is 28.7 Å². The molecule has 0 bridgehead atoms. The Morgan fingerprint density at radius 3 is 2.29 bits per heavy atom. The molecule has 6 N–H and O–H groups in total. The lowest BCUT2D eigenvalue weighted by atomic mass is 9.99. The lowest BCUT2D eigenvalue weighted by molar-refractivity contribution is -0.289. The molecule has 0 radical (unpaired) electrons. The Morgan fingerprint density at radius 2 is 1.61 bits per heavy atom. The van der Waals surface area contributed by atoms with Crippen LogP contribution in [-0.4, -0.2) is 126 Å². The summed E-state index contributed by atoms with van der Waals surface area (Å²) < 4.78 is 48.1. The summed E-state index contributed by atoms with van der Waals surface area (Å²) in [5.74, 6) is -0.698. The predicted molar refractivity (Wildman–Crippen MR) is 164 cm³/mol. The first-order valence-corrected chi connectivity index (χ1v) is 14.8. The van der Waals surface area contributed by atoms with Gasteiger partial charge in [-0.2, -0.15) is 0 Å². The third-order valence-corrected chi connectivity index (χ3v) is 7.93. The maximum absolute atomic E-state index is 12.4. The van der Waals surface area contributed by atoms with Gasteiger partial charge in [0, 0.05) is 23.6 Å². The van der Waals surface area contributed by atoms with Crippen molar-refractivity contribution in [1.82, 2.24) is 0 Å². The van der Waals surface area contributed by atoms with Gasteiger partial charge in [0.15, 0.2) is 34.9 Å². The molecule has 2 aromatic carbocycles. The van der Waals surface area contributed by atoms with Gasteiger partial charge in [-0.05, 0) is 35.9 Å². The normalized spacial score (nSPS) is 28.4. The highest BCUT2D eigenvalue weighted by atomic mass is 16.7. The van der Waals surface area contributed by atoms with E-state index in [4.69, 9.17) is 42.3 Å². The van der Waals surface area contributed by atoms with Gasteiger partial charge in [-0.15, -0.1) is 0 Å². The Hall–Kier alpha value is -4.46. The number of fused-ring (bicyclic) bond motifs is 1. The molecule has 2 aliphatic heterocycles. The Morgan fingerprint density at radius 1 is 0.918 bits per heavy atom. The quantitative estimate of drug-likeness (QED) is 0.0791. The Balaban J connectivity index is 1.18. The van der Waals surface area contributed by atoms with Gasteiger partial charge in [-0.1, -0.05) is 0 Å². The fourth-order valence-electron chi connectivity index (χ4n) is 5.13. The molecule has 0 spiro atoms. The number of phenolic OH excluding ortho intramolecular Hbond substituents is 1. The van der Waals surface area contributed by atoms with Gasteiger partial charge in [-0.3, -0.25) is 0 Å². The highest BCUT2D eigenvalue weighted by Crippen LogP contribution is 2.38. The zero-order valence-electron chi connectivity index (χ0n) is 26.5. The van der Waals surface area contributed by atoms with E-state index < -0.39 is 80.1 Å². The van der Waals surface area contributed by atoms with Crippen molar-refractivity contribution in [2.45, 2.75) is 48.7 Å². The topological polar surface area (TPSA) is 242 Å². The van der Waals surface area contributed by atoms with Crippen LogP contribution in [0.1, 0.15) is 5.56 Å². The van der Waals surface area contributed by atoms with Crippen LogP contribution in [0.5, 0.6) is 28.7 Å². The standard InChI is InChI=1S/C32H36O17/c1-41-18-10-16-5-7-24(34)47-17(16)11-19(18)48-30-28(38)27(37)26(36)22(49-30)12-44-31-29(39)32(40,14-46-31)13-45-23(33)6-4-15-8-20(42-2)25(35)21(9-15)43-3/h4-11,22,26-31,35-40H,12-14H2,1-3H3. The van der Waals surface area contributed by atoms with Gasteiger partial charge < -0.3 is 73.0 Å². The van der Waals surface area contributed by atoms with Crippen LogP contribution in [0, 0.1) is 0 Å². The number of ether oxygens (including phenoxy) is 8. The molecule has 49 heavy (non-hydrogen) atoms. The SMILES string of the molecule is COc1cc2ccc(=O)oc2cc1OC1OC(COC2OCC(O)(COC(=O)C=Cc3cc(OC)c(O)c(OC)c3)C2O)C(O)C(O)C1O. The summed E-state index contributed by atoms with van der Waals surface area (Å²) in [7, 11) is 4.06. The molecule has 17 heteroatoms. The number of aromatic hydroxyl groups is 1. The van der Waals surface area contributed by atoms with E-state index >= 15 is 0 Å². The number of carbonyl (C=O) groups excluding carboxylic acids is 1. The predicted octanol–water partition coefficient (Wildman–Crippen LogP) is -0.568. The Labute approximate surface area is 277 Å². The minimum Gasteiger partial charge on any atom is -0.502 e. The molecule has 3 aromatic rings. The van der Waals surface area contributed by atoms with Crippen molar-refractivity contribution < 1.29 is 77.7 Å². The number of aliphatic hydroxyl groups excluding tert-OH is 4. The van der Waals surface area contributed by atoms with Crippen molar-refractivity contribution in [3.63, 3.8) is 0 Å². The molecule has 1 aromatic heterocycles. The molecule has 8 unspecified atom stereocenters. The van der Waals surface area contributed by atoms with Gasteiger partial charge in [-0.25, -0.2) is 9.59 Å². The number of phenols is 1. The largest absolute Gasteiger partial charge is 0.502 e. The second-order valence-corrected chi connectivity index (χ2v) is 11.2. The Bertz CT molecular complexity index is 1700. The number of aliphatic hydroxyl groups is 5. The minimum atomic E-state index is -2.08. The smallest absolute Gasteiger partial charge is 0.336 e. The fraction of sp³-hybridized carbons (Fsp3) is 0.438. The maximum atomic E-state index is 12.4. The van der Waals surface area contributed by atoms with E-state index in [9.17, 15) is 40.2 Å². The van der Waals surface area contributed by atoms with E-state index in [0.717, 1.165) is 6.08 Å². The molecule has 2 fully saturated rings. The van der Waals surface area contributed by atoms with Crippen LogP contribution >= 0.6 is 0 Å². The molecular weight excluding hydrogens is 656 g/mol. The van der Waals surface area contributed by atoms with Crippen molar-refractivity contribution in [2.75, 3.05) is 41.2 Å². The molecule has 266 valence electrons. The summed E-state index contributed by atoms with van der Waals surface area (Å²) in [6.45, 7) is -1.70. The van der Waals surface area contributed by atoms with Crippen LogP contribution in [0.2, 0.25) is 0 Å². The molecule has 2 aliphatic rings. The molecular formula is C32H36O17. The summed E-state index contributed by atoms with van der Waals surface area (Å²) in [5, 5.41) is 63.9. The van der Waals surface area contributed by atoms with E-state index in [1.165, 1.54) is 63.8 Å². The van der Waals surface area contributed by atoms with Crippen LogP contribution in [-0.2, 0) is 23.7 Å².